The molecular formula is C21H23N5S. The number of hydrogen-bond acceptors (Lipinski definition) is 3. The van der Waals surface area contributed by atoms with Crippen molar-refractivity contribution in [2.24, 2.45) is 0 Å². The second-order valence-electron chi connectivity index (χ2n) is 6.68. The third kappa shape index (κ3) is 3.45. The van der Waals surface area contributed by atoms with Crippen LogP contribution in [0.2, 0.25) is 0 Å². The summed E-state index contributed by atoms with van der Waals surface area (Å²) in [5.74, 6) is 0. The molecule has 0 radical (unpaired) electrons. The molecule has 4 heterocycles. The van der Waals surface area contributed by atoms with Gasteiger partial charge >= 0.3 is 0 Å². The second kappa shape index (κ2) is 7.88. The highest BCUT2D eigenvalue weighted by Crippen LogP contribution is 2.39. The Morgan fingerprint density at radius 2 is 1.93 bits per heavy atom. The van der Waals surface area contributed by atoms with E-state index < -0.39 is 0 Å². The summed E-state index contributed by atoms with van der Waals surface area (Å²) in [4.78, 5) is 11.1. The average molecular weight is 378 g/mol. The standard InChI is InChI=1S/C21H23N5S/c1-2-3-14-26-20(19(24-21(26)27)17-7-4-5-11-23-17)18-8-6-15-25(18)16-9-12-22-13-10-16/h4-13,15,19-20H,2-3,14H2,1H3,(H,24,27)/t19-,20-/m0/s1. The molecule has 0 aliphatic carbocycles. The molecule has 2 atom stereocenters. The summed E-state index contributed by atoms with van der Waals surface area (Å²) in [6, 6.07) is 14.5. The first kappa shape index (κ1) is 17.7. The number of rotatable bonds is 6. The van der Waals surface area contributed by atoms with Crippen LogP contribution in [0.15, 0.2) is 67.3 Å². The fourth-order valence-electron chi connectivity index (χ4n) is 3.67. The number of thiocarbonyl (C=S) groups is 1. The Bertz CT molecular complexity index is 893. The van der Waals surface area contributed by atoms with Crippen LogP contribution >= 0.6 is 12.2 Å². The zero-order valence-corrected chi connectivity index (χ0v) is 16.1. The molecule has 0 aromatic carbocycles. The normalized spacial score (nSPS) is 19.3. The predicted molar refractivity (Wildman–Crippen MR) is 111 cm³/mol. The quantitative estimate of drug-likeness (QED) is 0.657. The summed E-state index contributed by atoms with van der Waals surface area (Å²) >= 11 is 5.71. The summed E-state index contributed by atoms with van der Waals surface area (Å²) in [7, 11) is 0. The monoisotopic (exact) mass is 377 g/mol. The maximum absolute atomic E-state index is 5.71. The fraction of sp³-hybridized carbons (Fsp3) is 0.286. The highest BCUT2D eigenvalue weighted by atomic mass is 32.1. The topological polar surface area (TPSA) is 46.0 Å². The van der Waals surface area contributed by atoms with Gasteiger partial charge in [-0.05, 0) is 55.0 Å². The lowest BCUT2D eigenvalue weighted by molar-refractivity contribution is 0.304. The smallest absolute Gasteiger partial charge is 0.170 e. The molecule has 5 nitrogen and oxygen atoms in total. The number of pyridine rings is 2. The van der Waals surface area contributed by atoms with E-state index in [-0.39, 0.29) is 12.1 Å². The molecule has 0 amide bonds. The number of nitrogens with zero attached hydrogens (tertiary/aromatic N) is 4. The van der Waals surface area contributed by atoms with Gasteiger partial charge in [-0.25, -0.2) is 0 Å². The Labute approximate surface area is 165 Å². The third-order valence-electron chi connectivity index (χ3n) is 4.97. The third-order valence-corrected chi connectivity index (χ3v) is 5.33. The summed E-state index contributed by atoms with van der Waals surface area (Å²) in [5, 5.41) is 4.31. The van der Waals surface area contributed by atoms with Gasteiger partial charge in [0.15, 0.2) is 5.11 Å². The Balaban J connectivity index is 1.78. The van der Waals surface area contributed by atoms with E-state index in [0.717, 1.165) is 35.9 Å². The molecule has 3 aromatic heterocycles. The lowest BCUT2D eigenvalue weighted by Gasteiger charge is -2.28. The average Bonchev–Trinajstić information content (AvgIpc) is 3.32. The SMILES string of the molecule is CCCCN1C(=S)N[C@@H](c2ccccn2)[C@@H]1c1cccn1-c1ccncc1. The number of nitrogens with one attached hydrogen (secondary N) is 1. The van der Waals surface area contributed by atoms with Crippen LogP contribution in [0.4, 0.5) is 0 Å². The van der Waals surface area contributed by atoms with E-state index >= 15 is 0 Å². The highest BCUT2D eigenvalue weighted by Gasteiger charge is 2.40. The van der Waals surface area contributed by atoms with Gasteiger partial charge in [0.1, 0.15) is 0 Å². The van der Waals surface area contributed by atoms with E-state index in [1.54, 1.807) is 0 Å². The van der Waals surface area contributed by atoms with Gasteiger partial charge in [0.25, 0.3) is 0 Å². The van der Waals surface area contributed by atoms with Crippen molar-refractivity contribution in [3.8, 4) is 5.69 Å². The Morgan fingerprint density at radius 1 is 1.07 bits per heavy atom. The first-order valence-corrected chi connectivity index (χ1v) is 9.76. The second-order valence-corrected chi connectivity index (χ2v) is 7.07. The van der Waals surface area contributed by atoms with Crippen molar-refractivity contribution < 1.29 is 0 Å². The molecule has 1 saturated heterocycles. The van der Waals surface area contributed by atoms with Gasteiger partial charge in [0.2, 0.25) is 0 Å². The molecule has 4 rings (SSSR count). The molecule has 0 bridgehead atoms. The summed E-state index contributed by atoms with van der Waals surface area (Å²) in [6.45, 7) is 3.13. The Morgan fingerprint density at radius 3 is 2.67 bits per heavy atom. The first-order valence-electron chi connectivity index (χ1n) is 9.35. The van der Waals surface area contributed by atoms with E-state index in [9.17, 15) is 0 Å². The van der Waals surface area contributed by atoms with Gasteiger partial charge in [-0.15, -0.1) is 0 Å². The van der Waals surface area contributed by atoms with Gasteiger partial charge in [0, 0.05) is 42.7 Å². The predicted octanol–water partition coefficient (Wildman–Crippen LogP) is 4.04. The molecule has 27 heavy (non-hydrogen) atoms. The lowest BCUT2D eigenvalue weighted by Crippen LogP contribution is -2.31. The van der Waals surface area contributed by atoms with Crippen molar-refractivity contribution in [3.05, 3.63) is 78.6 Å². The summed E-state index contributed by atoms with van der Waals surface area (Å²) in [6.07, 6.45) is 9.81. The van der Waals surface area contributed by atoms with Crippen molar-refractivity contribution in [3.63, 3.8) is 0 Å². The molecule has 0 unspecified atom stereocenters. The van der Waals surface area contributed by atoms with Gasteiger partial charge in [-0.3, -0.25) is 9.97 Å². The zero-order chi connectivity index (χ0) is 18.6. The molecule has 0 saturated carbocycles. The van der Waals surface area contributed by atoms with Crippen LogP contribution in [-0.2, 0) is 0 Å². The molecule has 0 spiro atoms. The van der Waals surface area contributed by atoms with Gasteiger partial charge < -0.3 is 14.8 Å². The number of aromatic nitrogens is 3. The molecule has 6 heteroatoms. The van der Waals surface area contributed by atoms with Crippen LogP contribution < -0.4 is 5.32 Å². The molecule has 3 aromatic rings. The first-order chi connectivity index (χ1) is 13.3. The van der Waals surface area contributed by atoms with Crippen molar-refractivity contribution in [1.82, 2.24) is 24.8 Å². The van der Waals surface area contributed by atoms with Crippen LogP contribution in [0, 0.1) is 0 Å². The van der Waals surface area contributed by atoms with Gasteiger partial charge in [0.05, 0.1) is 17.8 Å². The minimum Gasteiger partial charge on any atom is -0.352 e. The van der Waals surface area contributed by atoms with Crippen LogP contribution in [0.5, 0.6) is 0 Å². The highest BCUT2D eigenvalue weighted by molar-refractivity contribution is 7.80. The number of hydrogen-bond donors (Lipinski definition) is 1. The van der Waals surface area contributed by atoms with Crippen molar-refractivity contribution in [2.45, 2.75) is 31.8 Å². The molecule has 1 N–H and O–H groups in total. The van der Waals surface area contributed by atoms with E-state index in [2.05, 4.69) is 56.1 Å². The largest absolute Gasteiger partial charge is 0.352 e. The Kier molecular flexibility index (Phi) is 5.16. The van der Waals surface area contributed by atoms with E-state index in [1.165, 1.54) is 5.69 Å². The Hall–Kier alpha value is -2.73. The fourth-order valence-corrected chi connectivity index (χ4v) is 4.00. The summed E-state index contributed by atoms with van der Waals surface area (Å²) < 4.78 is 2.22. The van der Waals surface area contributed by atoms with Crippen molar-refractivity contribution in [2.75, 3.05) is 6.54 Å². The summed E-state index contributed by atoms with van der Waals surface area (Å²) in [5.41, 5.74) is 3.30. The van der Waals surface area contributed by atoms with Crippen LogP contribution in [0.3, 0.4) is 0 Å². The molecule has 1 aliphatic heterocycles. The van der Waals surface area contributed by atoms with Crippen LogP contribution in [0.1, 0.15) is 43.2 Å². The van der Waals surface area contributed by atoms with E-state index in [4.69, 9.17) is 12.2 Å². The molecule has 1 fully saturated rings. The van der Waals surface area contributed by atoms with Crippen LogP contribution in [0.25, 0.3) is 5.69 Å². The van der Waals surface area contributed by atoms with Crippen LogP contribution in [-0.4, -0.2) is 31.1 Å². The van der Waals surface area contributed by atoms with Crippen molar-refractivity contribution in [1.29, 1.82) is 0 Å². The van der Waals surface area contributed by atoms with Crippen molar-refractivity contribution >= 4 is 17.3 Å². The molecule has 138 valence electrons. The molecule has 1 aliphatic rings. The van der Waals surface area contributed by atoms with E-state index in [0.29, 0.717) is 0 Å². The molecular weight excluding hydrogens is 354 g/mol. The zero-order valence-electron chi connectivity index (χ0n) is 15.3. The minimum atomic E-state index is 0.0195. The lowest BCUT2D eigenvalue weighted by atomic mass is 10.0. The minimum absolute atomic E-state index is 0.0195. The maximum atomic E-state index is 5.71. The van der Waals surface area contributed by atoms with E-state index in [1.807, 2.05) is 42.9 Å². The maximum Gasteiger partial charge on any atom is 0.170 e. The van der Waals surface area contributed by atoms with Gasteiger partial charge in [-0.2, -0.15) is 0 Å². The van der Waals surface area contributed by atoms with Gasteiger partial charge in [-0.1, -0.05) is 19.4 Å². The number of unbranched alkanes of at least 4 members (excludes halogenated alkanes) is 1.